The summed E-state index contributed by atoms with van der Waals surface area (Å²) in [6.07, 6.45) is -0.562. The summed E-state index contributed by atoms with van der Waals surface area (Å²) in [5.41, 5.74) is 1.11. The van der Waals surface area contributed by atoms with E-state index < -0.39 is 6.43 Å². The third kappa shape index (κ3) is 4.63. The van der Waals surface area contributed by atoms with Crippen LogP contribution in [0.5, 0.6) is 0 Å². The molecule has 10 heteroatoms. The molecule has 4 heterocycles. The van der Waals surface area contributed by atoms with Crippen molar-refractivity contribution in [3.63, 3.8) is 0 Å². The van der Waals surface area contributed by atoms with E-state index >= 15 is 0 Å². The molecule has 2 N–H and O–H groups in total. The van der Waals surface area contributed by atoms with Gasteiger partial charge in [-0.2, -0.15) is 9.97 Å². The van der Waals surface area contributed by atoms with Gasteiger partial charge in [0.15, 0.2) is 5.82 Å². The number of nitrogens with one attached hydrogen (secondary N) is 2. The maximum absolute atomic E-state index is 14.0. The molecule has 0 bridgehead atoms. The van der Waals surface area contributed by atoms with Crippen LogP contribution < -0.4 is 15.5 Å². The van der Waals surface area contributed by atoms with Crippen molar-refractivity contribution in [1.82, 2.24) is 24.8 Å². The number of ether oxygens (including phenoxy) is 1. The molecule has 8 nitrogen and oxygen atoms in total. The number of fused-ring (bicyclic) bond motifs is 1. The van der Waals surface area contributed by atoms with E-state index in [1.165, 1.54) is 4.57 Å². The minimum absolute atomic E-state index is 0.118. The molecule has 2 aromatic heterocycles. The highest BCUT2D eigenvalue weighted by Crippen LogP contribution is 2.30. The summed E-state index contributed by atoms with van der Waals surface area (Å²) in [5.74, 6) is 1.73. The number of hydrogen-bond acceptors (Lipinski definition) is 7. The Balaban J connectivity index is 1.57. The molecule has 33 heavy (non-hydrogen) atoms. The molecular formula is C23H29F2N7O. The third-order valence-electron chi connectivity index (χ3n) is 6.38. The van der Waals surface area contributed by atoms with E-state index in [1.807, 2.05) is 6.07 Å². The van der Waals surface area contributed by atoms with E-state index in [9.17, 15) is 8.78 Å². The number of halogens is 2. The third-order valence-corrected chi connectivity index (χ3v) is 6.38. The number of benzene rings is 1. The first-order valence-electron chi connectivity index (χ1n) is 11.5. The quantitative estimate of drug-likeness (QED) is 0.587. The van der Waals surface area contributed by atoms with Gasteiger partial charge in [-0.05, 0) is 50.9 Å². The number of anilines is 2. The number of rotatable bonds is 6. The lowest BCUT2D eigenvalue weighted by Gasteiger charge is -2.34. The fourth-order valence-electron chi connectivity index (χ4n) is 4.58. The first-order valence-corrected chi connectivity index (χ1v) is 11.5. The van der Waals surface area contributed by atoms with Crippen molar-refractivity contribution in [3.8, 4) is 5.82 Å². The molecule has 0 amide bonds. The van der Waals surface area contributed by atoms with Crippen molar-refractivity contribution in [2.24, 2.45) is 5.92 Å². The van der Waals surface area contributed by atoms with Crippen LogP contribution in [0.3, 0.4) is 0 Å². The van der Waals surface area contributed by atoms with Crippen molar-refractivity contribution in [3.05, 3.63) is 36.2 Å². The number of para-hydroxylation sites is 2. The lowest BCUT2D eigenvalue weighted by molar-refractivity contribution is 0.0985. The molecule has 176 valence electrons. The summed E-state index contributed by atoms with van der Waals surface area (Å²) in [5, 5.41) is 6.75. The van der Waals surface area contributed by atoms with Gasteiger partial charge in [0.25, 0.3) is 6.43 Å². The van der Waals surface area contributed by atoms with E-state index in [4.69, 9.17) is 9.72 Å². The van der Waals surface area contributed by atoms with E-state index in [0.29, 0.717) is 54.3 Å². The standard InChI is InChI=1S/C23H29F2N7O/c1-15-14-33-11-10-31(15)19-12-20(30-23(29-19)27-13-16-6-8-26-9-7-16)32-18-5-3-2-4-17(18)28-22(32)21(24)25/h2-5,12,15-16,21,26H,6-11,13-14H2,1H3,(H,27,29,30)/t15-/m0/s1. The molecule has 2 aliphatic rings. The maximum atomic E-state index is 14.0. The highest BCUT2D eigenvalue weighted by molar-refractivity contribution is 5.78. The van der Waals surface area contributed by atoms with Crippen molar-refractivity contribution < 1.29 is 13.5 Å². The minimum Gasteiger partial charge on any atom is -0.377 e. The van der Waals surface area contributed by atoms with Gasteiger partial charge >= 0.3 is 0 Å². The zero-order valence-corrected chi connectivity index (χ0v) is 18.7. The molecule has 5 rings (SSSR count). The molecule has 2 saturated heterocycles. The molecule has 1 atom stereocenters. The first kappa shape index (κ1) is 22.0. The Hall–Kier alpha value is -2.85. The molecule has 2 fully saturated rings. The normalized spacial score (nSPS) is 20.0. The topological polar surface area (TPSA) is 80.1 Å². The first-order chi connectivity index (χ1) is 16.1. The number of hydrogen-bond donors (Lipinski definition) is 2. The van der Waals surface area contributed by atoms with Gasteiger partial charge in [-0.1, -0.05) is 12.1 Å². The number of morpholine rings is 1. The SMILES string of the molecule is C[C@H]1COCCN1c1cc(-n2c(C(F)F)nc3ccccc32)nc(NCC2CCNCC2)n1. The Bertz CT molecular complexity index is 1100. The second-order valence-electron chi connectivity index (χ2n) is 8.69. The van der Waals surface area contributed by atoms with Crippen LogP contribution in [0.25, 0.3) is 16.9 Å². The van der Waals surface area contributed by atoms with Crippen LogP contribution in [0.1, 0.15) is 32.0 Å². The summed E-state index contributed by atoms with van der Waals surface area (Å²) in [4.78, 5) is 15.8. The number of alkyl halides is 2. The van der Waals surface area contributed by atoms with Crippen molar-refractivity contribution in [1.29, 1.82) is 0 Å². The van der Waals surface area contributed by atoms with Crippen LogP contribution >= 0.6 is 0 Å². The number of piperidine rings is 1. The Morgan fingerprint density at radius 2 is 1.94 bits per heavy atom. The molecule has 1 aromatic carbocycles. The average molecular weight is 458 g/mol. The highest BCUT2D eigenvalue weighted by atomic mass is 19.3. The van der Waals surface area contributed by atoms with E-state index in [-0.39, 0.29) is 11.9 Å². The summed E-state index contributed by atoms with van der Waals surface area (Å²) in [7, 11) is 0. The zero-order valence-electron chi connectivity index (χ0n) is 18.7. The molecule has 2 aliphatic heterocycles. The fourth-order valence-corrected chi connectivity index (χ4v) is 4.58. The molecule has 0 saturated carbocycles. The Morgan fingerprint density at radius 1 is 1.15 bits per heavy atom. The van der Waals surface area contributed by atoms with Gasteiger partial charge in [-0.3, -0.25) is 4.57 Å². The van der Waals surface area contributed by atoms with Crippen molar-refractivity contribution in [2.75, 3.05) is 49.6 Å². The molecule has 0 aliphatic carbocycles. The molecule has 0 spiro atoms. The zero-order chi connectivity index (χ0) is 22.8. The fraction of sp³-hybridized carbons (Fsp3) is 0.522. The number of aromatic nitrogens is 4. The van der Waals surface area contributed by atoms with Gasteiger partial charge < -0.3 is 20.3 Å². The van der Waals surface area contributed by atoms with Gasteiger partial charge in [0.05, 0.1) is 30.3 Å². The lowest BCUT2D eigenvalue weighted by Crippen LogP contribution is -2.44. The molecule has 0 unspecified atom stereocenters. The predicted octanol–water partition coefficient (Wildman–Crippen LogP) is 3.39. The van der Waals surface area contributed by atoms with E-state index in [1.54, 1.807) is 24.3 Å². The second-order valence-corrected chi connectivity index (χ2v) is 8.69. The van der Waals surface area contributed by atoms with Gasteiger partial charge in [0.1, 0.15) is 11.6 Å². The Kier molecular flexibility index (Phi) is 6.37. The van der Waals surface area contributed by atoms with Gasteiger partial charge in [0, 0.05) is 19.2 Å². The van der Waals surface area contributed by atoms with Gasteiger partial charge in [-0.15, -0.1) is 0 Å². The average Bonchev–Trinajstić information content (AvgIpc) is 3.24. The summed E-state index contributed by atoms with van der Waals surface area (Å²) >= 11 is 0. The van der Waals surface area contributed by atoms with Crippen LogP contribution in [0.15, 0.2) is 30.3 Å². The molecule has 3 aromatic rings. The Morgan fingerprint density at radius 3 is 2.73 bits per heavy atom. The summed E-state index contributed by atoms with van der Waals surface area (Å²) in [6, 6.07) is 9.03. The smallest absolute Gasteiger partial charge is 0.296 e. The van der Waals surface area contributed by atoms with Gasteiger partial charge in [0.2, 0.25) is 5.95 Å². The van der Waals surface area contributed by atoms with Gasteiger partial charge in [-0.25, -0.2) is 13.8 Å². The van der Waals surface area contributed by atoms with E-state index in [0.717, 1.165) is 32.5 Å². The minimum atomic E-state index is -2.73. The van der Waals surface area contributed by atoms with Crippen LogP contribution in [0.2, 0.25) is 0 Å². The second kappa shape index (κ2) is 9.56. The largest absolute Gasteiger partial charge is 0.377 e. The summed E-state index contributed by atoms with van der Waals surface area (Å²) in [6.45, 7) is 6.68. The predicted molar refractivity (Wildman–Crippen MR) is 123 cm³/mol. The number of nitrogens with zero attached hydrogens (tertiary/aromatic N) is 5. The maximum Gasteiger partial charge on any atom is 0.296 e. The van der Waals surface area contributed by atoms with Crippen LogP contribution in [0.4, 0.5) is 20.5 Å². The van der Waals surface area contributed by atoms with Crippen LogP contribution in [0, 0.1) is 5.92 Å². The van der Waals surface area contributed by atoms with Crippen LogP contribution in [-0.2, 0) is 4.74 Å². The highest BCUT2D eigenvalue weighted by Gasteiger charge is 2.25. The van der Waals surface area contributed by atoms with Crippen molar-refractivity contribution in [2.45, 2.75) is 32.2 Å². The van der Waals surface area contributed by atoms with Crippen molar-refractivity contribution >= 4 is 22.8 Å². The number of imidazole rings is 1. The molecule has 0 radical (unpaired) electrons. The lowest BCUT2D eigenvalue weighted by atomic mass is 9.98. The van der Waals surface area contributed by atoms with Crippen LogP contribution in [-0.4, -0.2) is 65.0 Å². The van der Waals surface area contributed by atoms with E-state index in [2.05, 4.69) is 32.4 Å². The molecular weight excluding hydrogens is 428 g/mol. The Labute approximate surface area is 191 Å². The summed E-state index contributed by atoms with van der Waals surface area (Å²) < 4.78 is 35.0. The monoisotopic (exact) mass is 457 g/mol.